The average molecular weight is 226 g/mol. The topological polar surface area (TPSA) is 61.4 Å². The van der Waals surface area contributed by atoms with Crippen molar-refractivity contribution >= 4 is 5.91 Å². The van der Waals surface area contributed by atoms with Crippen LogP contribution in [0.3, 0.4) is 0 Å². The lowest BCUT2D eigenvalue weighted by molar-refractivity contribution is -0.121. The minimum Gasteiger partial charge on any atom is -0.396 e. The Bertz CT molecular complexity index is 245. The Labute approximate surface area is 96.8 Å². The lowest BCUT2D eigenvalue weighted by Gasteiger charge is -2.13. The first-order valence-corrected chi connectivity index (χ1v) is 6.32. The Morgan fingerprint density at radius 1 is 1.50 bits per heavy atom. The molecule has 4 heteroatoms. The summed E-state index contributed by atoms with van der Waals surface area (Å²) in [5.41, 5.74) is 0.0323. The van der Waals surface area contributed by atoms with Crippen LogP contribution in [0.1, 0.15) is 32.1 Å². The summed E-state index contributed by atoms with van der Waals surface area (Å²) in [5.74, 6) is 0.824. The van der Waals surface area contributed by atoms with Gasteiger partial charge in [0.1, 0.15) is 0 Å². The fourth-order valence-electron chi connectivity index (χ4n) is 2.24. The number of aliphatic hydroxyl groups is 1. The molecule has 0 aromatic carbocycles. The third-order valence-corrected chi connectivity index (χ3v) is 3.90. The highest BCUT2D eigenvalue weighted by atomic mass is 16.3. The predicted molar refractivity (Wildman–Crippen MR) is 62.0 cm³/mol. The third-order valence-electron chi connectivity index (χ3n) is 3.90. The highest BCUT2D eigenvalue weighted by Crippen LogP contribution is 2.44. The largest absolute Gasteiger partial charge is 0.396 e. The summed E-state index contributed by atoms with van der Waals surface area (Å²) < 4.78 is 0. The fraction of sp³-hybridized carbons (Fsp3) is 0.917. The van der Waals surface area contributed by atoms with E-state index in [1.807, 2.05) is 0 Å². The lowest BCUT2D eigenvalue weighted by atomic mass is 10.0. The van der Waals surface area contributed by atoms with Gasteiger partial charge in [-0.05, 0) is 44.7 Å². The molecule has 2 rings (SSSR count). The van der Waals surface area contributed by atoms with Gasteiger partial charge in [0.25, 0.3) is 0 Å². The van der Waals surface area contributed by atoms with Crippen LogP contribution in [0.15, 0.2) is 0 Å². The molecule has 1 amide bonds. The van der Waals surface area contributed by atoms with Gasteiger partial charge in [-0.1, -0.05) is 0 Å². The number of carbonyl (C=O) groups excluding carboxylic acids is 1. The van der Waals surface area contributed by atoms with Crippen molar-refractivity contribution in [2.24, 2.45) is 11.3 Å². The molecular formula is C12H22N2O2. The lowest BCUT2D eigenvalue weighted by Crippen LogP contribution is -2.32. The Morgan fingerprint density at radius 3 is 2.88 bits per heavy atom. The van der Waals surface area contributed by atoms with E-state index in [1.54, 1.807) is 0 Å². The zero-order valence-electron chi connectivity index (χ0n) is 9.80. The monoisotopic (exact) mass is 226 g/mol. The average Bonchev–Trinajstić information content (AvgIpc) is 2.90. The van der Waals surface area contributed by atoms with Gasteiger partial charge in [-0.2, -0.15) is 0 Å². The van der Waals surface area contributed by atoms with Gasteiger partial charge in [0.2, 0.25) is 5.91 Å². The molecule has 2 fully saturated rings. The Hall–Kier alpha value is -0.610. The molecule has 0 aromatic rings. The molecule has 1 atom stereocenters. The number of hydrogen-bond donors (Lipinski definition) is 3. The maximum absolute atomic E-state index is 11.6. The summed E-state index contributed by atoms with van der Waals surface area (Å²) in [6.45, 7) is 3.03. The number of carbonyl (C=O) groups is 1. The summed E-state index contributed by atoms with van der Waals surface area (Å²) in [4.78, 5) is 11.6. The van der Waals surface area contributed by atoms with Crippen LogP contribution in [-0.2, 0) is 4.79 Å². The highest BCUT2D eigenvalue weighted by Gasteiger charge is 2.41. The molecule has 1 unspecified atom stereocenters. The van der Waals surface area contributed by atoms with Gasteiger partial charge in [-0.25, -0.2) is 0 Å². The molecule has 0 bridgehead atoms. The first kappa shape index (κ1) is 11.9. The van der Waals surface area contributed by atoms with E-state index in [1.165, 1.54) is 6.42 Å². The molecule has 3 N–H and O–H groups in total. The molecular weight excluding hydrogens is 204 g/mol. The van der Waals surface area contributed by atoms with Crippen LogP contribution in [-0.4, -0.2) is 37.3 Å². The van der Waals surface area contributed by atoms with Gasteiger partial charge in [0.05, 0.1) is 6.61 Å². The number of rotatable bonds is 6. The molecule has 2 aliphatic rings. The third kappa shape index (κ3) is 3.19. The van der Waals surface area contributed by atoms with E-state index in [0.29, 0.717) is 18.9 Å². The van der Waals surface area contributed by atoms with Crippen molar-refractivity contribution in [3.05, 3.63) is 0 Å². The Morgan fingerprint density at radius 2 is 2.31 bits per heavy atom. The number of aliphatic hydroxyl groups excluding tert-OH is 1. The van der Waals surface area contributed by atoms with Crippen LogP contribution in [0.25, 0.3) is 0 Å². The van der Waals surface area contributed by atoms with E-state index < -0.39 is 0 Å². The molecule has 16 heavy (non-hydrogen) atoms. The Kier molecular flexibility index (Phi) is 3.82. The van der Waals surface area contributed by atoms with Crippen molar-refractivity contribution < 1.29 is 9.90 Å². The van der Waals surface area contributed by atoms with Crippen LogP contribution in [0, 0.1) is 11.3 Å². The van der Waals surface area contributed by atoms with Crippen molar-refractivity contribution in [1.29, 1.82) is 0 Å². The molecule has 1 aliphatic heterocycles. The molecule has 1 saturated carbocycles. The van der Waals surface area contributed by atoms with Crippen molar-refractivity contribution in [2.45, 2.75) is 32.1 Å². The van der Waals surface area contributed by atoms with Crippen molar-refractivity contribution in [1.82, 2.24) is 10.6 Å². The van der Waals surface area contributed by atoms with Crippen molar-refractivity contribution in [3.8, 4) is 0 Å². The highest BCUT2D eigenvalue weighted by molar-refractivity contribution is 5.75. The summed E-state index contributed by atoms with van der Waals surface area (Å²) in [7, 11) is 0. The first-order chi connectivity index (χ1) is 7.74. The molecule has 0 spiro atoms. The molecule has 4 nitrogen and oxygen atoms in total. The van der Waals surface area contributed by atoms with Gasteiger partial charge in [-0.15, -0.1) is 0 Å². The van der Waals surface area contributed by atoms with E-state index in [2.05, 4.69) is 10.6 Å². The van der Waals surface area contributed by atoms with Gasteiger partial charge < -0.3 is 15.7 Å². The second-order valence-electron chi connectivity index (χ2n) is 5.33. The predicted octanol–water partition coefficient (Wildman–Crippen LogP) is 0.265. The van der Waals surface area contributed by atoms with Crippen molar-refractivity contribution in [3.63, 3.8) is 0 Å². The summed E-state index contributed by atoms with van der Waals surface area (Å²) >= 11 is 0. The quantitative estimate of drug-likeness (QED) is 0.609. The first-order valence-electron chi connectivity index (χ1n) is 6.32. The van der Waals surface area contributed by atoms with E-state index in [4.69, 9.17) is 5.11 Å². The maximum Gasteiger partial charge on any atom is 0.220 e. The van der Waals surface area contributed by atoms with Crippen LogP contribution >= 0.6 is 0 Å². The smallest absolute Gasteiger partial charge is 0.220 e. The molecule has 0 radical (unpaired) electrons. The van der Waals surface area contributed by atoms with Gasteiger partial charge in [-0.3, -0.25) is 4.79 Å². The second kappa shape index (κ2) is 5.15. The fourth-order valence-corrected chi connectivity index (χ4v) is 2.24. The normalized spacial score (nSPS) is 26.7. The van der Waals surface area contributed by atoms with Crippen LogP contribution < -0.4 is 10.6 Å². The van der Waals surface area contributed by atoms with Crippen molar-refractivity contribution in [2.75, 3.05) is 26.2 Å². The van der Waals surface area contributed by atoms with E-state index >= 15 is 0 Å². The maximum atomic E-state index is 11.6. The van der Waals surface area contributed by atoms with Gasteiger partial charge in [0.15, 0.2) is 0 Å². The number of hydrogen-bond acceptors (Lipinski definition) is 3. The van der Waals surface area contributed by atoms with Crippen LogP contribution in [0.2, 0.25) is 0 Å². The summed E-state index contributed by atoms with van der Waals surface area (Å²) in [5, 5.41) is 15.4. The molecule has 1 aliphatic carbocycles. The minimum atomic E-state index is 0.0323. The van der Waals surface area contributed by atoms with Crippen LogP contribution in [0.4, 0.5) is 0 Å². The number of amides is 1. The minimum absolute atomic E-state index is 0.0323. The standard InChI is InChI=1S/C12H22N2O2/c15-9-12(4-5-12)8-14-11(16)2-1-10-3-6-13-7-10/h10,13,15H,1-9H2,(H,14,16). The van der Waals surface area contributed by atoms with Gasteiger partial charge >= 0.3 is 0 Å². The zero-order chi connectivity index (χ0) is 11.4. The zero-order valence-corrected chi connectivity index (χ0v) is 9.80. The van der Waals surface area contributed by atoms with Gasteiger partial charge in [0, 0.05) is 18.4 Å². The second-order valence-corrected chi connectivity index (χ2v) is 5.33. The van der Waals surface area contributed by atoms with Crippen LogP contribution in [0.5, 0.6) is 0 Å². The summed E-state index contributed by atoms with van der Waals surface area (Å²) in [6, 6.07) is 0. The van der Waals surface area contributed by atoms with E-state index in [-0.39, 0.29) is 17.9 Å². The van der Waals surface area contributed by atoms with E-state index in [9.17, 15) is 4.79 Å². The Balaban J connectivity index is 1.57. The molecule has 92 valence electrons. The SMILES string of the molecule is O=C(CCC1CCNC1)NCC1(CO)CC1. The molecule has 0 aromatic heterocycles. The molecule has 1 saturated heterocycles. The molecule has 1 heterocycles. The number of nitrogens with one attached hydrogen (secondary N) is 2. The van der Waals surface area contributed by atoms with E-state index in [0.717, 1.165) is 32.4 Å². The summed E-state index contributed by atoms with van der Waals surface area (Å²) in [6.07, 6.45) is 4.93.